The molecule has 0 radical (unpaired) electrons. The van der Waals surface area contributed by atoms with Crippen molar-refractivity contribution in [2.45, 2.75) is 26.7 Å². The third-order valence-electron chi connectivity index (χ3n) is 2.45. The Kier molecular flexibility index (Phi) is 2.49. The average Bonchev–Trinajstić information content (AvgIpc) is 2.18. The van der Waals surface area contributed by atoms with Gasteiger partial charge in [-0.25, -0.2) is 0 Å². The molecule has 1 heterocycles. The van der Waals surface area contributed by atoms with Crippen LogP contribution in [0.4, 0.5) is 0 Å². The Morgan fingerprint density at radius 1 is 1.21 bits per heavy atom. The van der Waals surface area contributed by atoms with Gasteiger partial charge in [0.2, 0.25) is 0 Å². The van der Waals surface area contributed by atoms with Gasteiger partial charge >= 0.3 is 0 Å². The number of nitrogens with zero attached hydrogens (tertiary/aromatic N) is 1. The molecule has 1 nitrogen and oxygen atoms in total. The van der Waals surface area contributed by atoms with E-state index < -0.39 is 0 Å². The molecule has 0 atom stereocenters. The van der Waals surface area contributed by atoms with Crippen molar-refractivity contribution in [1.82, 2.24) is 4.98 Å². The summed E-state index contributed by atoms with van der Waals surface area (Å²) in [7, 11) is 0. The summed E-state index contributed by atoms with van der Waals surface area (Å²) in [5.74, 6) is 0. The summed E-state index contributed by atoms with van der Waals surface area (Å²) >= 11 is 0. The molecule has 1 heteroatoms. The normalized spacial score (nSPS) is 10.7. The number of hydrogen-bond donors (Lipinski definition) is 0. The lowest BCUT2D eigenvalue weighted by Gasteiger charge is -2.05. The summed E-state index contributed by atoms with van der Waals surface area (Å²) in [4.78, 5) is 4.52. The van der Waals surface area contributed by atoms with Gasteiger partial charge in [-0.2, -0.15) is 0 Å². The van der Waals surface area contributed by atoms with E-state index in [2.05, 4.69) is 43.1 Å². The van der Waals surface area contributed by atoms with Crippen LogP contribution >= 0.6 is 0 Å². The van der Waals surface area contributed by atoms with Crippen LogP contribution in [0, 0.1) is 6.92 Å². The molecule has 0 unspecified atom stereocenters. The van der Waals surface area contributed by atoms with Crippen molar-refractivity contribution >= 4 is 10.9 Å². The van der Waals surface area contributed by atoms with Gasteiger partial charge in [-0.1, -0.05) is 31.5 Å². The summed E-state index contributed by atoms with van der Waals surface area (Å²) in [6, 6.07) is 10.6. The molecule has 72 valence electrons. The summed E-state index contributed by atoms with van der Waals surface area (Å²) in [5, 5.41) is 1.31. The highest BCUT2D eigenvalue weighted by Crippen LogP contribution is 2.19. The molecule has 0 bridgehead atoms. The zero-order chi connectivity index (χ0) is 9.97. The zero-order valence-corrected chi connectivity index (χ0v) is 8.75. The topological polar surface area (TPSA) is 12.9 Å². The fraction of sp³-hybridized carbons (Fsp3) is 0.308. The second kappa shape index (κ2) is 3.79. The molecule has 0 saturated heterocycles. The van der Waals surface area contributed by atoms with Gasteiger partial charge in [0.05, 0.1) is 5.52 Å². The molecule has 0 spiro atoms. The van der Waals surface area contributed by atoms with Crippen LogP contribution in [0.5, 0.6) is 0 Å². The number of para-hydroxylation sites is 1. The fourth-order valence-electron chi connectivity index (χ4n) is 1.87. The highest BCUT2D eigenvalue weighted by molar-refractivity contribution is 5.82. The van der Waals surface area contributed by atoms with Crippen LogP contribution in [0.1, 0.15) is 24.6 Å². The quantitative estimate of drug-likeness (QED) is 0.697. The van der Waals surface area contributed by atoms with E-state index in [1.807, 2.05) is 6.07 Å². The van der Waals surface area contributed by atoms with E-state index in [9.17, 15) is 0 Å². The molecule has 0 aliphatic heterocycles. The molecular weight excluding hydrogens is 170 g/mol. The van der Waals surface area contributed by atoms with Crippen LogP contribution in [0.25, 0.3) is 10.9 Å². The number of aryl methyl sites for hydroxylation is 2. The number of aromatic nitrogens is 1. The molecule has 0 fully saturated rings. The van der Waals surface area contributed by atoms with Crippen LogP contribution < -0.4 is 0 Å². The number of rotatable bonds is 2. The molecule has 0 saturated carbocycles. The van der Waals surface area contributed by atoms with Crippen LogP contribution in [0.2, 0.25) is 0 Å². The Morgan fingerprint density at radius 2 is 2.00 bits per heavy atom. The zero-order valence-electron chi connectivity index (χ0n) is 8.75. The number of pyridine rings is 1. The highest BCUT2D eigenvalue weighted by atomic mass is 14.7. The van der Waals surface area contributed by atoms with Crippen molar-refractivity contribution < 1.29 is 0 Å². The molecule has 14 heavy (non-hydrogen) atoms. The maximum Gasteiger partial charge on any atom is 0.0707 e. The van der Waals surface area contributed by atoms with E-state index in [0.29, 0.717) is 0 Å². The van der Waals surface area contributed by atoms with Crippen molar-refractivity contribution in [2.75, 3.05) is 0 Å². The second-order valence-electron chi connectivity index (χ2n) is 3.69. The Morgan fingerprint density at radius 3 is 2.79 bits per heavy atom. The molecule has 0 amide bonds. The Balaban J connectivity index is 2.67. The van der Waals surface area contributed by atoms with E-state index >= 15 is 0 Å². The Bertz CT molecular complexity index is 446. The maximum absolute atomic E-state index is 4.52. The van der Waals surface area contributed by atoms with Gasteiger partial charge < -0.3 is 0 Å². The maximum atomic E-state index is 4.52. The smallest absolute Gasteiger partial charge is 0.0707 e. The average molecular weight is 185 g/mol. The minimum atomic E-state index is 1.12. The first-order chi connectivity index (χ1) is 6.81. The van der Waals surface area contributed by atoms with Gasteiger partial charge in [0, 0.05) is 11.1 Å². The van der Waals surface area contributed by atoms with Crippen LogP contribution in [0.3, 0.4) is 0 Å². The fourth-order valence-corrected chi connectivity index (χ4v) is 1.87. The molecule has 0 aliphatic rings. The first-order valence-corrected chi connectivity index (χ1v) is 5.16. The molecule has 0 N–H and O–H groups in total. The van der Waals surface area contributed by atoms with Crippen LogP contribution in [-0.4, -0.2) is 4.98 Å². The Hall–Kier alpha value is -1.37. The summed E-state index contributed by atoms with van der Waals surface area (Å²) in [5.41, 5.74) is 3.67. The van der Waals surface area contributed by atoms with Gasteiger partial charge in [-0.05, 0) is 31.0 Å². The van der Waals surface area contributed by atoms with Gasteiger partial charge in [0.15, 0.2) is 0 Å². The number of fused-ring (bicyclic) bond motifs is 1. The van der Waals surface area contributed by atoms with Crippen LogP contribution in [-0.2, 0) is 6.42 Å². The SMILES string of the molecule is CCCc1cc(C)nc2ccccc12. The number of benzene rings is 1. The van der Waals surface area contributed by atoms with E-state index in [4.69, 9.17) is 0 Å². The standard InChI is InChI=1S/C13H15N/c1-3-6-11-9-10(2)14-13-8-5-4-7-12(11)13/h4-5,7-9H,3,6H2,1-2H3. The summed E-state index contributed by atoms with van der Waals surface area (Å²) in [6.07, 6.45) is 2.33. The molecule has 0 aliphatic carbocycles. The van der Waals surface area contributed by atoms with Gasteiger partial charge in [-0.3, -0.25) is 4.98 Å². The molecule has 1 aromatic heterocycles. The van der Waals surface area contributed by atoms with Crippen molar-refractivity contribution in [3.8, 4) is 0 Å². The van der Waals surface area contributed by atoms with Gasteiger partial charge in [0.25, 0.3) is 0 Å². The lowest BCUT2D eigenvalue weighted by Crippen LogP contribution is -1.91. The monoisotopic (exact) mass is 185 g/mol. The van der Waals surface area contributed by atoms with Gasteiger partial charge in [-0.15, -0.1) is 0 Å². The minimum Gasteiger partial charge on any atom is -0.253 e. The summed E-state index contributed by atoms with van der Waals surface area (Å²) < 4.78 is 0. The minimum absolute atomic E-state index is 1.12. The first kappa shape index (κ1) is 9.20. The molecule has 2 aromatic rings. The van der Waals surface area contributed by atoms with E-state index in [0.717, 1.165) is 17.6 Å². The van der Waals surface area contributed by atoms with Gasteiger partial charge in [0.1, 0.15) is 0 Å². The first-order valence-electron chi connectivity index (χ1n) is 5.16. The molecule has 2 rings (SSSR count). The third-order valence-corrected chi connectivity index (χ3v) is 2.45. The van der Waals surface area contributed by atoms with Crippen LogP contribution in [0.15, 0.2) is 30.3 Å². The van der Waals surface area contributed by atoms with Crippen molar-refractivity contribution in [1.29, 1.82) is 0 Å². The van der Waals surface area contributed by atoms with E-state index in [-0.39, 0.29) is 0 Å². The third kappa shape index (κ3) is 1.63. The molecule has 1 aromatic carbocycles. The highest BCUT2D eigenvalue weighted by Gasteiger charge is 2.01. The lowest BCUT2D eigenvalue weighted by atomic mass is 10.0. The largest absolute Gasteiger partial charge is 0.253 e. The predicted molar refractivity (Wildman–Crippen MR) is 60.5 cm³/mol. The van der Waals surface area contributed by atoms with Crippen molar-refractivity contribution in [3.05, 3.63) is 41.6 Å². The Labute approximate surface area is 84.8 Å². The predicted octanol–water partition coefficient (Wildman–Crippen LogP) is 3.50. The van der Waals surface area contributed by atoms with Crippen molar-refractivity contribution in [2.24, 2.45) is 0 Å². The number of hydrogen-bond acceptors (Lipinski definition) is 1. The van der Waals surface area contributed by atoms with Crippen molar-refractivity contribution in [3.63, 3.8) is 0 Å². The van der Waals surface area contributed by atoms with E-state index in [1.54, 1.807) is 0 Å². The second-order valence-corrected chi connectivity index (χ2v) is 3.69. The summed E-state index contributed by atoms with van der Waals surface area (Å²) in [6.45, 7) is 4.27. The lowest BCUT2D eigenvalue weighted by molar-refractivity contribution is 0.925. The van der Waals surface area contributed by atoms with E-state index in [1.165, 1.54) is 17.4 Å². The molecular formula is C13H15N.